The van der Waals surface area contributed by atoms with Crippen LogP contribution in [-0.4, -0.2) is 0 Å². The summed E-state index contributed by atoms with van der Waals surface area (Å²) in [6.07, 6.45) is 0. The lowest BCUT2D eigenvalue weighted by atomic mass is 10.2. The third-order valence-corrected chi connectivity index (χ3v) is 2.89. The molecule has 88 valence electrons. The van der Waals surface area contributed by atoms with Gasteiger partial charge in [-0.1, -0.05) is 28.1 Å². The number of halogens is 2. The van der Waals surface area contributed by atoms with E-state index in [1.807, 2.05) is 31.2 Å². The van der Waals surface area contributed by atoms with Crippen molar-refractivity contribution >= 4 is 21.6 Å². The molecule has 0 heterocycles. The molecule has 0 fully saturated rings. The Labute approximate surface area is 109 Å². The Morgan fingerprint density at radius 1 is 1.18 bits per heavy atom. The summed E-state index contributed by atoms with van der Waals surface area (Å²) in [5, 5.41) is 3.27. The second kappa shape index (κ2) is 5.32. The van der Waals surface area contributed by atoms with Crippen LogP contribution in [0.25, 0.3) is 0 Å². The maximum atomic E-state index is 13.2. The Morgan fingerprint density at radius 3 is 2.71 bits per heavy atom. The molecule has 1 nitrogen and oxygen atoms in total. The van der Waals surface area contributed by atoms with Crippen LogP contribution in [0.5, 0.6) is 0 Å². The highest BCUT2D eigenvalue weighted by Gasteiger charge is 1.99. The maximum Gasteiger partial charge on any atom is 0.124 e. The van der Waals surface area contributed by atoms with Gasteiger partial charge in [-0.3, -0.25) is 0 Å². The number of nitrogens with one attached hydrogen (secondary N) is 1. The fourth-order valence-electron chi connectivity index (χ4n) is 1.67. The number of rotatable bonds is 3. The molecule has 0 aliphatic carbocycles. The maximum absolute atomic E-state index is 13.2. The van der Waals surface area contributed by atoms with E-state index < -0.39 is 0 Å². The van der Waals surface area contributed by atoms with Gasteiger partial charge in [0.05, 0.1) is 0 Å². The quantitative estimate of drug-likeness (QED) is 0.878. The zero-order valence-electron chi connectivity index (χ0n) is 9.50. The van der Waals surface area contributed by atoms with Crippen LogP contribution in [0.15, 0.2) is 46.9 Å². The van der Waals surface area contributed by atoms with E-state index >= 15 is 0 Å². The largest absolute Gasteiger partial charge is 0.381 e. The van der Waals surface area contributed by atoms with Crippen LogP contribution in [0.3, 0.4) is 0 Å². The van der Waals surface area contributed by atoms with E-state index in [9.17, 15) is 4.39 Å². The summed E-state index contributed by atoms with van der Waals surface area (Å²) in [5.41, 5.74) is 3.17. The fraction of sp³-hybridized carbons (Fsp3) is 0.143. The standard InChI is InChI=1S/C14H13BrFN/c1-10-3-2-4-14(5-10)17-9-11-6-12(15)8-13(16)7-11/h2-8,17H,9H2,1H3. The van der Waals surface area contributed by atoms with Gasteiger partial charge in [0.1, 0.15) is 5.82 Å². The number of aryl methyl sites for hydroxylation is 1. The van der Waals surface area contributed by atoms with Gasteiger partial charge in [-0.15, -0.1) is 0 Å². The van der Waals surface area contributed by atoms with E-state index in [2.05, 4.69) is 27.3 Å². The summed E-state index contributed by atoms with van der Waals surface area (Å²) in [4.78, 5) is 0. The molecule has 2 aromatic rings. The first kappa shape index (κ1) is 12.1. The van der Waals surface area contributed by atoms with E-state index in [4.69, 9.17) is 0 Å². The molecule has 0 saturated carbocycles. The highest BCUT2D eigenvalue weighted by Crippen LogP contribution is 2.16. The van der Waals surface area contributed by atoms with E-state index in [1.54, 1.807) is 0 Å². The lowest BCUT2D eigenvalue weighted by Crippen LogP contribution is -2.00. The first-order valence-corrected chi connectivity index (χ1v) is 6.18. The lowest BCUT2D eigenvalue weighted by molar-refractivity contribution is 0.625. The highest BCUT2D eigenvalue weighted by molar-refractivity contribution is 9.10. The molecule has 2 aromatic carbocycles. The van der Waals surface area contributed by atoms with Gasteiger partial charge in [-0.05, 0) is 48.4 Å². The van der Waals surface area contributed by atoms with Crippen LogP contribution < -0.4 is 5.32 Å². The van der Waals surface area contributed by atoms with Gasteiger partial charge in [0, 0.05) is 16.7 Å². The van der Waals surface area contributed by atoms with Gasteiger partial charge in [0.25, 0.3) is 0 Å². The van der Waals surface area contributed by atoms with Crippen LogP contribution in [0.4, 0.5) is 10.1 Å². The van der Waals surface area contributed by atoms with Gasteiger partial charge in [-0.2, -0.15) is 0 Å². The second-order valence-electron chi connectivity index (χ2n) is 4.00. The molecule has 0 saturated heterocycles. The van der Waals surface area contributed by atoms with E-state index in [0.717, 1.165) is 15.7 Å². The Bertz CT molecular complexity index is 505. The van der Waals surface area contributed by atoms with Crippen molar-refractivity contribution in [3.8, 4) is 0 Å². The Hall–Kier alpha value is -1.35. The first-order valence-electron chi connectivity index (χ1n) is 5.39. The summed E-state index contributed by atoms with van der Waals surface area (Å²) in [6, 6.07) is 13.0. The van der Waals surface area contributed by atoms with Crippen molar-refractivity contribution in [1.29, 1.82) is 0 Å². The van der Waals surface area contributed by atoms with Crippen LogP contribution >= 0.6 is 15.9 Å². The minimum atomic E-state index is -0.222. The molecule has 0 atom stereocenters. The predicted molar refractivity (Wildman–Crippen MR) is 72.6 cm³/mol. The molecule has 0 aliphatic heterocycles. The van der Waals surface area contributed by atoms with Crippen molar-refractivity contribution in [1.82, 2.24) is 0 Å². The average molecular weight is 294 g/mol. The van der Waals surface area contributed by atoms with Crippen molar-refractivity contribution in [2.75, 3.05) is 5.32 Å². The molecule has 0 unspecified atom stereocenters. The third-order valence-electron chi connectivity index (χ3n) is 2.44. The third kappa shape index (κ3) is 3.56. The molecule has 17 heavy (non-hydrogen) atoms. The minimum Gasteiger partial charge on any atom is -0.381 e. The van der Waals surface area contributed by atoms with Gasteiger partial charge in [-0.25, -0.2) is 4.39 Å². The first-order chi connectivity index (χ1) is 8.13. The molecule has 3 heteroatoms. The molecule has 0 amide bonds. The predicted octanol–water partition coefficient (Wildman–Crippen LogP) is 4.51. The molecule has 0 radical (unpaired) electrons. The van der Waals surface area contributed by atoms with Gasteiger partial charge < -0.3 is 5.32 Å². The minimum absolute atomic E-state index is 0.222. The van der Waals surface area contributed by atoms with Crippen molar-refractivity contribution in [2.24, 2.45) is 0 Å². The highest BCUT2D eigenvalue weighted by atomic mass is 79.9. The molecule has 0 spiro atoms. The smallest absolute Gasteiger partial charge is 0.124 e. The van der Waals surface area contributed by atoms with Crippen molar-refractivity contribution in [3.63, 3.8) is 0 Å². The molecule has 2 rings (SSSR count). The second-order valence-corrected chi connectivity index (χ2v) is 4.92. The molecule has 0 bridgehead atoms. The normalized spacial score (nSPS) is 10.3. The van der Waals surface area contributed by atoms with Crippen LogP contribution in [0, 0.1) is 12.7 Å². The zero-order chi connectivity index (χ0) is 12.3. The SMILES string of the molecule is Cc1cccc(NCc2cc(F)cc(Br)c2)c1. The van der Waals surface area contributed by atoms with Crippen LogP contribution in [0.1, 0.15) is 11.1 Å². The summed E-state index contributed by atoms with van der Waals surface area (Å²) in [7, 11) is 0. The van der Waals surface area contributed by atoms with Crippen LogP contribution in [0.2, 0.25) is 0 Å². The number of hydrogen-bond acceptors (Lipinski definition) is 1. The number of hydrogen-bond donors (Lipinski definition) is 1. The molecule has 0 aliphatic rings. The van der Waals surface area contributed by atoms with Crippen molar-refractivity contribution in [3.05, 3.63) is 63.9 Å². The van der Waals surface area contributed by atoms with E-state index in [-0.39, 0.29) is 5.82 Å². The van der Waals surface area contributed by atoms with Gasteiger partial charge in [0.2, 0.25) is 0 Å². The Balaban J connectivity index is 2.07. The van der Waals surface area contributed by atoms with Gasteiger partial charge >= 0.3 is 0 Å². The molecular formula is C14H13BrFN. The number of anilines is 1. The summed E-state index contributed by atoms with van der Waals surface area (Å²) < 4.78 is 13.9. The topological polar surface area (TPSA) is 12.0 Å². The van der Waals surface area contributed by atoms with E-state index in [0.29, 0.717) is 6.54 Å². The van der Waals surface area contributed by atoms with Crippen molar-refractivity contribution in [2.45, 2.75) is 13.5 Å². The van der Waals surface area contributed by atoms with E-state index in [1.165, 1.54) is 17.7 Å². The molecule has 1 N–H and O–H groups in total. The Morgan fingerprint density at radius 2 is 2.00 bits per heavy atom. The molecular weight excluding hydrogens is 281 g/mol. The van der Waals surface area contributed by atoms with Gasteiger partial charge in [0.15, 0.2) is 0 Å². The fourth-order valence-corrected chi connectivity index (χ4v) is 2.18. The molecule has 0 aromatic heterocycles. The summed E-state index contributed by atoms with van der Waals surface area (Å²) >= 11 is 3.28. The number of benzene rings is 2. The summed E-state index contributed by atoms with van der Waals surface area (Å²) in [6.45, 7) is 2.66. The zero-order valence-corrected chi connectivity index (χ0v) is 11.1. The Kier molecular flexibility index (Phi) is 3.79. The monoisotopic (exact) mass is 293 g/mol. The van der Waals surface area contributed by atoms with Crippen molar-refractivity contribution < 1.29 is 4.39 Å². The lowest BCUT2D eigenvalue weighted by Gasteiger charge is -2.08. The average Bonchev–Trinajstić information content (AvgIpc) is 2.25. The summed E-state index contributed by atoms with van der Waals surface area (Å²) in [5.74, 6) is -0.222. The van der Waals surface area contributed by atoms with Crippen LogP contribution in [-0.2, 0) is 6.54 Å².